The van der Waals surface area contributed by atoms with E-state index < -0.39 is 0 Å². The summed E-state index contributed by atoms with van der Waals surface area (Å²) in [6.45, 7) is 12.7. The van der Waals surface area contributed by atoms with Gasteiger partial charge in [0, 0.05) is 19.0 Å². The summed E-state index contributed by atoms with van der Waals surface area (Å²) in [6, 6.07) is 1.52. The molecule has 30 heavy (non-hydrogen) atoms. The van der Waals surface area contributed by atoms with Crippen LogP contribution in [-0.2, 0) is 9.59 Å². The van der Waals surface area contributed by atoms with E-state index >= 15 is 0 Å². The highest BCUT2D eigenvalue weighted by Gasteiger charge is 2.34. The minimum Gasteiger partial charge on any atom is -0.365 e. The van der Waals surface area contributed by atoms with Gasteiger partial charge in [-0.15, -0.1) is 0 Å². The number of hydrogen-bond donors (Lipinski definition) is 1. The van der Waals surface area contributed by atoms with Crippen LogP contribution in [0.1, 0.15) is 72.4 Å². The molecular weight excluding hydrogens is 378 g/mol. The van der Waals surface area contributed by atoms with E-state index in [9.17, 15) is 9.59 Å². The van der Waals surface area contributed by atoms with E-state index in [4.69, 9.17) is 0 Å². The number of hydrogen-bond acceptors (Lipinski definition) is 4. The monoisotopic (exact) mass is 417 g/mol. The van der Waals surface area contributed by atoms with Crippen LogP contribution in [0.4, 0.5) is 0 Å². The number of allylic oxidation sites excluding steroid dienone is 2. The summed E-state index contributed by atoms with van der Waals surface area (Å²) in [5.74, 6) is 0.423. The van der Waals surface area contributed by atoms with Crippen molar-refractivity contribution >= 4 is 11.8 Å². The van der Waals surface area contributed by atoms with E-state index in [0.29, 0.717) is 18.9 Å². The van der Waals surface area contributed by atoms with Crippen LogP contribution in [0.25, 0.3) is 0 Å². The Balaban J connectivity index is 0.000000474. The van der Waals surface area contributed by atoms with Gasteiger partial charge in [0.1, 0.15) is 12.3 Å². The lowest BCUT2D eigenvalue weighted by molar-refractivity contribution is -0.139. The van der Waals surface area contributed by atoms with Crippen LogP contribution in [0.3, 0.4) is 0 Å². The molecule has 1 fully saturated rings. The molecule has 2 amide bonds. The van der Waals surface area contributed by atoms with Crippen LogP contribution in [0.2, 0.25) is 0 Å². The predicted molar refractivity (Wildman–Crippen MR) is 121 cm³/mol. The molecule has 168 valence electrons. The molecule has 6 nitrogen and oxygen atoms in total. The smallest absolute Gasteiger partial charge is 0.243 e. The zero-order valence-electron chi connectivity index (χ0n) is 19.5. The Kier molecular flexibility index (Phi) is 11.8. The van der Waals surface area contributed by atoms with Gasteiger partial charge in [0.2, 0.25) is 11.8 Å². The largest absolute Gasteiger partial charge is 0.365 e. The molecule has 0 aromatic carbocycles. The van der Waals surface area contributed by atoms with Gasteiger partial charge in [-0.2, -0.15) is 0 Å². The number of carbonyl (C=O) groups is 2. The number of aryl methyl sites for hydroxylation is 1. The maximum absolute atomic E-state index is 12.5. The Hall–Kier alpha value is -2.37. The molecule has 1 N–H and O–H groups in total. The standard InChI is InChI=1S/C18H28N2O2.C4H5NO.C2H6/c1-13(2)12-17(21)20-11-7-10-16(20)18(22)19-14(3)15-8-5-4-6-9-15;1-4-2-3-6-5-4;1-2/h5,8-9,13-14,16H,4,6-7,10-12H2,1-3H3,(H,19,22);2-3H,1H3;1-2H3. The van der Waals surface area contributed by atoms with Crippen molar-refractivity contribution in [2.75, 3.05) is 6.54 Å². The molecule has 2 aliphatic rings. The van der Waals surface area contributed by atoms with Crippen LogP contribution in [0, 0.1) is 12.8 Å². The maximum atomic E-state index is 12.5. The zero-order chi connectivity index (χ0) is 22.5. The number of amides is 2. The first kappa shape index (κ1) is 25.7. The lowest BCUT2D eigenvalue weighted by atomic mass is 10.0. The van der Waals surface area contributed by atoms with Crippen molar-refractivity contribution < 1.29 is 14.1 Å². The number of nitrogens with zero attached hydrogens (tertiary/aromatic N) is 2. The Morgan fingerprint density at radius 2 is 2.00 bits per heavy atom. The zero-order valence-corrected chi connectivity index (χ0v) is 19.5. The molecule has 1 saturated heterocycles. The fraction of sp³-hybridized carbons (Fsp3) is 0.625. The Morgan fingerprint density at radius 3 is 2.50 bits per heavy atom. The molecule has 6 heteroatoms. The van der Waals surface area contributed by atoms with Gasteiger partial charge < -0.3 is 14.7 Å². The number of rotatable bonds is 5. The van der Waals surface area contributed by atoms with Crippen molar-refractivity contribution in [2.24, 2.45) is 5.92 Å². The van der Waals surface area contributed by atoms with Gasteiger partial charge >= 0.3 is 0 Å². The van der Waals surface area contributed by atoms with Gasteiger partial charge in [0.25, 0.3) is 0 Å². The molecule has 1 aliphatic heterocycles. The van der Waals surface area contributed by atoms with Crippen molar-refractivity contribution in [3.8, 4) is 0 Å². The highest BCUT2D eigenvalue weighted by Crippen LogP contribution is 2.21. The van der Waals surface area contributed by atoms with E-state index in [-0.39, 0.29) is 23.9 Å². The normalized spacial score (nSPS) is 18.6. The third kappa shape index (κ3) is 8.56. The van der Waals surface area contributed by atoms with E-state index in [0.717, 1.165) is 37.0 Å². The van der Waals surface area contributed by atoms with Crippen molar-refractivity contribution in [3.05, 3.63) is 41.8 Å². The summed E-state index contributed by atoms with van der Waals surface area (Å²) < 4.78 is 4.46. The fourth-order valence-electron chi connectivity index (χ4n) is 3.42. The summed E-state index contributed by atoms with van der Waals surface area (Å²) >= 11 is 0. The Bertz CT molecular complexity index is 693. The summed E-state index contributed by atoms with van der Waals surface area (Å²) in [5.41, 5.74) is 2.09. The molecule has 1 aromatic heterocycles. The molecular formula is C24H39N3O3. The quantitative estimate of drug-likeness (QED) is 0.746. The van der Waals surface area contributed by atoms with Gasteiger partial charge in [-0.25, -0.2) is 0 Å². The minimum atomic E-state index is -0.290. The van der Waals surface area contributed by atoms with Crippen molar-refractivity contribution in [1.29, 1.82) is 0 Å². The molecule has 2 atom stereocenters. The van der Waals surface area contributed by atoms with Crippen LogP contribution >= 0.6 is 0 Å². The van der Waals surface area contributed by atoms with Gasteiger partial charge in [-0.1, -0.05) is 51.1 Å². The summed E-state index contributed by atoms with van der Waals surface area (Å²) in [5, 5.41) is 6.62. The van der Waals surface area contributed by atoms with E-state index in [1.54, 1.807) is 17.2 Å². The second kappa shape index (κ2) is 13.8. The number of carbonyl (C=O) groups excluding carboxylic acids is 2. The van der Waals surface area contributed by atoms with Gasteiger partial charge in [-0.3, -0.25) is 9.59 Å². The van der Waals surface area contributed by atoms with Gasteiger partial charge in [0.05, 0.1) is 11.7 Å². The van der Waals surface area contributed by atoms with Crippen LogP contribution in [-0.4, -0.2) is 40.5 Å². The summed E-state index contributed by atoms with van der Waals surface area (Å²) in [6.07, 6.45) is 12.3. The molecule has 3 rings (SSSR count). The third-order valence-corrected chi connectivity index (χ3v) is 4.91. The Labute approximate surface area is 181 Å². The molecule has 0 bridgehead atoms. The second-order valence-electron chi connectivity index (χ2n) is 7.90. The maximum Gasteiger partial charge on any atom is 0.243 e. The summed E-state index contributed by atoms with van der Waals surface area (Å²) in [4.78, 5) is 26.6. The highest BCUT2D eigenvalue weighted by atomic mass is 16.5. The highest BCUT2D eigenvalue weighted by molar-refractivity contribution is 5.88. The molecule has 0 spiro atoms. The minimum absolute atomic E-state index is 0.00620. The van der Waals surface area contributed by atoms with Gasteiger partial charge in [-0.05, 0) is 51.0 Å². The molecule has 1 aliphatic carbocycles. The number of nitrogens with one attached hydrogen (secondary N) is 1. The van der Waals surface area contributed by atoms with Crippen LogP contribution in [0.15, 0.2) is 40.7 Å². The Morgan fingerprint density at radius 1 is 1.27 bits per heavy atom. The first-order valence-corrected chi connectivity index (χ1v) is 11.2. The van der Waals surface area contributed by atoms with E-state index in [2.05, 4.69) is 33.2 Å². The van der Waals surface area contributed by atoms with Crippen LogP contribution < -0.4 is 5.32 Å². The van der Waals surface area contributed by atoms with E-state index in [1.165, 1.54) is 0 Å². The molecule has 0 saturated carbocycles. The molecule has 2 heterocycles. The summed E-state index contributed by atoms with van der Waals surface area (Å²) in [7, 11) is 0. The number of likely N-dealkylation sites (tertiary alicyclic amines) is 1. The lowest BCUT2D eigenvalue weighted by Crippen LogP contribution is -2.48. The van der Waals surface area contributed by atoms with Crippen molar-refractivity contribution in [2.45, 2.75) is 85.7 Å². The lowest BCUT2D eigenvalue weighted by Gasteiger charge is -2.27. The van der Waals surface area contributed by atoms with Gasteiger partial charge in [0.15, 0.2) is 0 Å². The molecule has 2 unspecified atom stereocenters. The molecule has 1 aromatic rings. The third-order valence-electron chi connectivity index (χ3n) is 4.91. The fourth-order valence-corrected chi connectivity index (χ4v) is 3.42. The second-order valence-corrected chi connectivity index (χ2v) is 7.90. The average molecular weight is 418 g/mol. The first-order valence-electron chi connectivity index (χ1n) is 11.2. The van der Waals surface area contributed by atoms with Crippen molar-refractivity contribution in [1.82, 2.24) is 15.4 Å². The van der Waals surface area contributed by atoms with E-state index in [1.807, 2.05) is 41.5 Å². The predicted octanol–water partition coefficient (Wildman–Crippen LogP) is 4.81. The van der Waals surface area contributed by atoms with Crippen molar-refractivity contribution in [3.63, 3.8) is 0 Å². The first-order chi connectivity index (χ1) is 14.4. The van der Waals surface area contributed by atoms with Crippen LogP contribution in [0.5, 0.6) is 0 Å². The SMILES string of the molecule is CC.CC(C)CC(=O)N1CCCC1C(=O)NC(C)C1=CCCC=C1.Cc1ccon1. The number of aromatic nitrogens is 1. The topological polar surface area (TPSA) is 75.4 Å². The average Bonchev–Trinajstić information content (AvgIpc) is 3.41. The molecule has 0 radical (unpaired) electrons.